The van der Waals surface area contributed by atoms with Gasteiger partial charge in [0, 0.05) is 29.8 Å². The largest absolute Gasteiger partial charge is 0.328 e. The second-order valence-corrected chi connectivity index (χ2v) is 5.11. The molecule has 6 heteroatoms. The molecule has 1 rings (SSSR count). The second kappa shape index (κ2) is 7.59. The van der Waals surface area contributed by atoms with E-state index in [1.54, 1.807) is 12.1 Å². The van der Waals surface area contributed by atoms with Gasteiger partial charge in [-0.2, -0.15) is 0 Å². The topological polar surface area (TPSA) is 98.3 Å². The number of nitro benzene ring substituents is 1. The third-order valence-electron chi connectivity index (χ3n) is 3.07. The molecule has 0 aromatic heterocycles. The Morgan fingerprint density at radius 1 is 1.40 bits per heavy atom. The van der Waals surface area contributed by atoms with Gasteiger partial charge >= 0.3 is 0 Å². The Labute approximate surface area is 118 Å². The van der Waals surface area contributed by atoms with Crippen molar-refractivity contribution in [2.24, 2.45) is 11.7 Å². The highest BCUT2D eigenvalue weighted by molar-refractivity contribution is 5.92. The van der Waals surface area contributed by atoms with Crippen molar-refractivity contribution < 1.29 is 9.72 Å². The summed E-state index contributed by atoms with van der Waals surface area (Å²) in [7, 11) is 0. The summed E-state index contributed by atoms with van der Waals surface area (Å²) < 4.78 is 0. The van der Waals surface area contributed by atoms with E-state index in [2.05, 4.69) is 5.32 Å². The van der Waals surface area contributed by atoms with E-state index in [1.165, 1.54) is 12.1 Å². The van der Waals surface area contributed by atoms with Crippen LogP contribution in [0.5, 0.6) is 0 Å². The molecule has 1 amide bonds. The minimum atomic E-state index is -0.484. The summed E-state index contributed by atoms with van der Waals surface area (Å²) in [6.45, 7) is 3.78. The van der Waals surface area contributed by atoms with E-state index >= 15 is 0 Å². The minimum absolute atomic E-state index is 0.0348. The molecule has 0 aliphatic carbocycles. The summed E-state index contributed by atoms with van der Waals surface area (Å²) in [5.41, 5.74) is 6.07. The fourth-order valence-electron chi connectivity index (χ4n) is 1.84. The number of nitrogens with two attached hydrogens (primary N) is 1. The number of carbonyl (C=O) groups excluding carboxylic acids is 1. The average molecular weight is 279 g/mol. The third-order valence-corrected chi connectivity index (χ3v) is 3.07. The Morgan fingerprint density at radius 3 is 2.70 bits per heavy atom. The van der Waals surface area contributed by atoms with Crippen LogP contribution in [0.3, 0.4) is 0 Å². The van der Waals surface area contributed by atoms with Crippen LogP contribution in [0.15, 0.2) is 24.3 Å². The van der Waals surface area contributed by atoms with Gasteiger partial charge in [-0.15, -0.1) is 0 Å². The number of benzene rings is 1. The van der Waals surface area contributed by atoms with Crippen molar-refractivity contribution in [2.75, 3.05) is 5.32 Å². The molecule has 2 unspecified atom stereocenters. The molecule has 0 radical (unpaired) electrons. The third kappa shape index (κ3) is 5.36. The van der Waals surface area contributed by atoms with Crippen LogP contribution in [-0.4, -0.2) is 16.9 Å². The number of rotatable bonds is 7. The van der Waals surface area contributed by atoms with Gasteiger partial charge in [0.25, 0.3) is 5.69 Å². The van der Waals surface area contributed by atoms with Crippen LogP contribution < -0.4 is 11.1 Å². The number of non-ortho nitro benzene ring substituents is 1. The zero-order chi connectivity index (χ0) is 15.1. The predicted molar refractivity (Wildman–Crippen MR) is 78.4 cm³/mol. The molecule has 0 heterocycles. The van der Waals surface area contributed by atoms with Crippen molar-refractivity contribution in [3.05, 3.63) is 34.4 Å². The van der Waals surface area contributed by atoms with Gasteiger partial charge in [0.2, 0.25) is 5.91 Å². The number of hydrogen-bond acceptors (Lipinski definition) is 4. The molecule has 0 spiro atoms. The predicted octanol–water partition coefficient (Wildman–Crippen LogP) is 2.69. The molecule has 2 atom stereocenters. The molecule has 0 aliphatic rings. The quantitative estimate of drug-likeness (QED) is 0.592. The monoisotopic (exact) mass is 279 g/mol. The van der Waals surface area contributed by atoms with Gasteiger partial charge in [-0.25, -0.2) is 0 Å². The van der Waals surface area contributed by atoms with Crippen molar-refractivity contribution in [3.8, 4) is 0 Å². The van der Waals surface area contributed by atoms with Gasteiger partial charge in [0.15, 0.2) is 0 Å². The van der Waals surface area contributed by atoms with E-state index in [-0.39, 0.29) is 23.6 Å². The van der Waals surface area contributed by atoms with Crippen LogP contribution in [0.1, 0.15) is 33.1 Å². The fraction of sp³-hybridized carbons (Fsp3) is 0.500. The van der Waals surface area contributed by atoms with Crippen LogP contribution in [-0.2, 0) is 4.79 Å². The lowest BCUT2D eigenvalue weighted by Gasteiger charge is -2.12. The number of amides is 1. The number of carbonyl (C=O) groups is 1. The van der Waals surface area contributed by atoms with E-state index < -0.39 is 4.92 Å². The minimum Gasteiger partial charge on any atom is -0.328 e. The maximum Gasteiger partial charge on any atom is 0.271 e. The lowest BCUT2D eigenvalue weighted by Crippen LogP contribution is -2.21. The molecule has 3 N–H and O–H groups in total. The molecular formula is C14H21N3O3. The summed E-state index contributed by atoms with van der Waals surface area (Å²) in [6.07, 6.45) is 2.53. The maximum absolute atomic E-state index is 12.0. The molecule has 110 valence electrons. The van der Waals surface area contributed by atoms with Crippen molar-refractivity contribution in [1.29, 1.82) is 0 Å². The second-order valence-electron chi connectivity index (χ2n) is 5.11. The smallest absolute Gasteiger partial charge is 0.271 e. The Kier molecular flexibility index (Phi) is 6.11. The van der Waals surface area contributed by atoms with E-state index in [9.17, 15) is 14.9 Å². The Balaban J connectivity index is 2.52. The highest BCUT2D eigenvalue weighted by Gasteiger charge is 2.14. The van der Waals surface area contributed by atoms with Gasteiger partial charge in [-0.1, -0.05) is 19.4 Å². The van der Waals surface area contributed by atoms with E-state index in [0.29, 0.717) is 5.69 Å². The lowest BCUT2D eigenvalue weighted by atomic mass is 10.0. The van der Waals surface area contributed by atoms with Crippen molar-refractivity contribution in [1.82, 2.24) is 0 Å². The molecule has 0 saturated carbocycles. The van der Waals surface area contributed by atoms with E-state index in [1.807, 2.05) is 13.8 Å². The Bertz CT molecular complexity index is 474. The molecule has 1 aromatic carbocycles. The summed E-state index contributed by atoms with van der Waals surface area (Å²) >= 11 is 0. The fourth-order valence-corrected chi connectivity index (χ4v) is 1.84. The molecule has 0 aliphatic heterocycles. The highest BCUT2D eigenvalue weighted by Crippen LogP contribution is 2.18. The number of nitro groups is 1. The normalized spacial score (nSPS) is 13.6. The molecule has 0 bridgehead atoms. The van der Waals surface area contributed by atoms with Crippen LogP contribution in [0.25, 0.3) is 0 Å². The molecule has 20 heavy (non-hydrogen) atoms. The number of hydrogen-bond donors (Lipinski definition) is 2. The van der Waals surface area contributed by atoms with Crippen LogP contribution in [0.4, 0.5) is 11.4 Å². The van der Waals surface area contributed by atoms with Gasteiger partial charge in [-0.05, 0) is 25.8 Å². The first-order chi connectivity index (χ1) is 9.40. The Hall–Kier alpha value is -1.95. The number of anilines is 1. The van der Waals surface area contributed by atoms with Crippen molar-refractivity contribution in [3.63, 3.8) is 0 Å². The SMILES string of the molecule is CC(N)CCCC(C)C(=O)Nc1cccc([N+](=O)[O-])c1. The van der Waals surface area contributed by atoms with Gasteiger partial charge in [-0.3, -0.25) is 14.9 Å². The Morgan fingerprint density at radius 2 is 2.10 bits per heavy atom. The summed E-state index contributed by atoms with van der Waals surface area (Å²) in [5.74, 6) is -0.275. The van der Waals surface area contributed by atoms with Crippen LogP contribution in [0, 0.1) is 16.0 Å². The highest BCUT2D eigenvalue weighted by atomic mass is 16.6. The first kappa shape index (κ1) is 16.1. The maximum atomic E-state index is 12.0. The van der Waals surface area contributed by atoms with Gasteiger partial charge < -0.3 is 11.1 Å². The van der Waals surface area contributed by atoms with Crippen molar-refractivity contribution >= 4 is 17.3 Å². The average Bonchev–Trinajstić information content (AvgIpc) is 2.38. The summed E-state index contributed by atoms with van der Waals surface area (Å²) in [6, 6.07) is 6.07. The zero-order valence-corrected chi connectivity index (χ0v) is 11.8. The van der Waals surface area contributed by atoms with E-state index in [4.69, 9.17) is 5.73 Å². The molecule has 6 nitrogen and oxygen atoms in total. The first-order valence-corrected chi connectivity index (χ1v) is 6.71. The standard InChI is InChI=1S/C14H21N3O3/c1-10(5-3-6-11(2)15)14(18)16-12-7-4-8-13(9-12)17(19)20/h4,7-11H,3,5-6,15H2,1-2H3,(H,16,18). The van der Waals surface area contributed by atoms with E-state index in [0.717, 1.165) is 19.3 Å². The summed E-state index contributed by atoms with van der Waals surface area (Å²) in [4.78, 5) is 22.1. The van der Waals surface area contributed by atoms with Gasteiger partial charge in [0.1, 0.15) is 0 Å². The lowest BCUT2D eigenvalue weighted by molar-refractivity contribution is -0.384. The van der Waals surface area contributed by atoms with Crippen molar-refractivity contribution in [2.45, 2.75) is 39.2 Å². The molecule has 0 saturated heterocycles. The number of nitrogens with one attached hydrogen (secondary N) is 1. The first-order valence-electron chi connectivity index (χ1n) is 6.71. The van der Waals surface area contributed by atoms with Gasteiger partial charge in [0.05, 0.1) is 4.92 Å². The van der Waals surface area contributed by atoms with Crippen LogP contribution >= 0.6 is 0 Å². The molecule has 0 fully saturated rings. The zero-order valence-electron chi connectivity index (χ0n) is 11.8. The molecule has 1 aromatic rings. The molecular weight excluding hydrogens is 258 g/mol. The number of nitrogens with zero attached hydrogens (tertiary/aromatic N) is 1. The van der Waals surface area contributed by atoms with Crippen LogP contribution in [0.2, 0.25) is 0 Å². The summed E-state index contributed by atoms with van der Waals surface area (Å²) in [5, 5.41) is 13.4.